The quantitative estimate of drug-likeness (QED) is 0.908. The van der Waals surface area contributed by atoms with Gasteiger partial charge in [0, 0.05) is 12.1 Å². The lowest BCUT2D eigenvalue weighted by Gasteiger charge is -2.37. The second-order valence-corrected chi connectivity index (χ2v) is 5.03. The van der Waals surface area contributed by atoms with Crippen molar-refractivity contribution in [3.8, 4) is 5.75 Å². The van der Waals surface area contributed by atoms with Gasteiger partial charge in [-0.3, -0.25) is 4.79 Å². The smallest absolute Gasteiger partial charge is 0.254 e. The first-order chi connectivity index (χ1) is 9.13. The SMILES string of the molecule is COc1ccc(C(=O)N2CCCCC2C(C)O)cc1. The Morgan fingerprint density at radius 2 is 2.05 bits per heavy atom. The van der Waals surface area contributed by atoms with Gasteiger partial charge >= 0.3 is 0 Å². The Kier molecular flexibility index (Phi) is 4.43. The van der Waals surface area contributed by atoms with Gasteiger partial charge in [0.15, 0.2) is 0 Å². The van der Waals surface area contributed by atoms with Crippen LogP contribution in [0.2, 0.25) is 0 Å². The second kappa shape index (κ2) is 6.06. The fourth-order valence-corrected chi connectivity index (χ4v) is 2.61. The van der Waals surface area contributed by atoms with Gasteiger partial charge in [0.25, 0.3) is 5.91 Å². The molecule has 1 saturated heterocycles. The average Bonchev–Trinajstić information content (AvgIpc) is 2.46. The van der Waals surface area contributed by atoms with Gasteiger partial charge in [-0.1, -0.05) is 0 Å². The van der Waals surface area contributed by atoms with E-state index in [0.717, 1.165) is 31.6 Å². The topological polar surface area (TPSA) is 49.8 Å². The fraction of sp³-hybridized carbons (Fsp3) is 0.533. The molecule has 0 saturated carbocycles. The number of rotatable bonds is 3. The monoisotopic (exact) mass is 263 g/mol. The van der Waals surface area contributed by atoms with E-state index in [1.807, 2.05) is 0 Å². The van der Waals surface area contributed by atoms with Crippen LogP contribution in [0.4, 0.5) is 0 Å². The minimum Gasteiger partial charge on any atom is -0.497 e. The molecule has 1 N–H and O–H groups in total. The summed E-state index contributed by atoms with van der Waals surface area (Å²) in [4.78, 5) is 14.3. The number of piperidine rings is 1. The van der Waals surface area contributed by atoms with Gasteiger partial charge in [-0.25, -0.2) is 0 Å². The van der Waals surface area contributed by atoms with E-state index in [1.54, 1.807) is 43.2 Å². The van der Waals surface area contributed by atoms with Crippen LogP contribution < -0.4 is 4.74 Å². The Bertz CT molecular complexity index is 428. The molecule has 1 fully saturated rings. The van der Waals surface area contributed by atoms with Gasteiger partial charge in [-0.05, 0) is 50.5 Å². The molecule has 104 valence electrons. The van der Waals surface area contributed by atoms with Crippen LogP contribution in [0, 0.1) is 0 Å². The molecular formula is C15H21NO3. The minimum absolute atomic E-state index is 0.00625. The highest BCUT2D eigenvalue weighted by atomic mass is 16.5. The first-order valence-electron chi connectivity index (χ1n) is 6.76. The number of aliphatic hydroxyl groups excluding tert-OH is 1. The van der Waals surface area contributed by atoms with Crippen molar-refractivity contribution in [2.45, 2.75) is 38.3 Å². The number of aliphatic hydroxyl groups is 1. The summed E-state index contributed by atoms with van der Waals surface area (Å²) in [6.45, 7) is 2.48. The van der Waals surface area contributed by atoms with Crippen LogP contribution in [0.25, 0.3) is 0 Å². The summed E-state index contributed by atoms with van der Waals surface area (Å²) < 4.78 is 5.09. The highest BCUT2D eigenvalue weighted by molar-refractivity contribution is 5.94. The molecule has 1 aliphatic rings. The Balaban J connectivity index is 2.16. The molecule has 1 aliphatic heterocycles. The summed E-state index contributed by atoms with van der Waals surface area (Å²) in [5, 5.41) is 9.81. The zero-order valence-corrected chi connectivity index (χ0v) is 11.5. The molecule has 0 aromatic heterocycles. The lowest BCUT2D eigenvalue weighted by Crippen LogP contribution is -2.48. The largest absolute Gasteiger partial charge is 0.497 e. The summed E-state index contributed by atoms with van der Waals surface area (Å²) in [5.41, 5.74) is 0.647. The number of nitrogens with zero attached hydrogens (tertiary/aromatic N) is 1. The molecule has 0 spiro atoms. The molecule has 4 nitrogen and oxygen atoms in total. The second-order valence-electron chi connectivity index (χ2n) is 5.03. The van der Waals surface area contributed by atoms with Gasteiger partial charge in [-0.2, -0.15) is 0 Å². The minimum atomic E-state index is -0.484. The Labute approximate surface area is 114 Å². The van der Waals surface area contributed by atoms with Gasteiger partial charge < -0.3 is 14.7 Å². The molecule has 19 heavy (non-hydrogen) atoms. The molecular weight excluding hydrogens is 242 g/mol. The third-order valence-electron chi connectivity index (χ3n) is 3.70. The highest BCUT2D eigenvalue weighted by Crippen LogP contribution is 2.23. The maximum absolute atomic E-state index is 12.5. The third kappa shape index (κ3) is 3.07. The predicted molar refractivity (Wildman–Crippen MR) is 73.4 cm³/mol. The average molecular weight is 263 g/mol. The van der Waals surface area contributed by atoms with Crippen molar-refractivity contribution in [1.82, 2.24) is 4.90 Å². The van der Waals surface area contributed by atoms with Gasteiger partial charge in [0.1, 0.15) is 5.75 Å². The maximum atomic E-state index is 12.5. The standard InChI is InChI=1S/C15H21NO3/c1-11(17)14-5-3-4-10-16(14)15(18)12-6-8-13(19-2)9-7-12/h6-9,11,14,17H,3-5,10H2,1-2H3. The van der Waals surface area contributed by atoms with Crippen molar-refractivity contribution in [2.24, 2.45) is 0 Å². The number of methoxy groups -OCH3 is 1. The predicted octanol–water partition coefficient (Wildman–Crippen LogP) is 2.07. The zero-order chi connectivity index (χ0) is 13.8. The number of ether oxygens (including phenoxy) is 1. The van der Waals surface area contributed by atoms with E-state index in [4.69, 9.17) is 4.74 Å². The molecule has 4 heteroatoms. The number of amides is 1. The van der Waals surface area contributed by atoms with E-state index < -0.39 is 6.10 Å². The molecule has 0 bridgehead atoms. The fourth-order valence-electron chi connectivity index (χ4n) is 2.61. The van der Waals surface area contributed by atoms with Crippen LogP contribution in [0.3, 0.4) is 0 Å². The Morgan fingerprint density at radius 3 is 2.63 bits per heavy atom. The van der Waals surface area contributed by atoms with E-state index in [2.05, 4.69) is 0 Å². The zero-order valence-electron chi connectivity index (χ0n) is 11.5. The highest BCUT2D eigenvalue weighted by Gasteiger charge is 2.30. The summed E-state index contributed by atoms with van der Waals surface area (Å²) in [6, 6.07) is 7.05. The van der Waals surface area contributed by atoms with E-state index in [0.29, 0.717) is 5.56 Å². The normalized spacial score (nSPS) is 21.0. The number of likely N-dealkylation sites (tertiary alicyclic amines) is 1. The number of carbonyl (C=O) groups excluding carboxylic acids is 1. The van der Waals surface area contributed by atoms with Gasteiger partial charge in [0.2, 0.25) is 0 Å². The summed E-state index contributed by atoms with van der Waals surface area (Å²) in [6.07, 6.45) is 2.47. The first-order valence-corrected chi connectivity index (χ1v) is 6.76. The molecule has 1 heterocycles. The third-order valence-corrected chi connectivity index (χ3v) is 3.70. The summed E-state index contributed by atoms with van der Waals surface area (Å²) in [5.74, 6) is 0.732. The van der Waals surface area contributed by atoms with Crippen LogP contribution in [0.15, 0.2) is 24.3 Å². The molecule has 1 aromatic rings. The molecule has 2 rings (SSSR count). The van der Waals surface area contributed by atoms with Crippen molar-refractivity contribution in [2.75, 3.05) is 13.7 Å². The lowest BCUT2D eigenvalue weighted by molar-refractivity contribution is 0.0281. The van der Waals surface area contributed by atoms with Gasteiger partial charge in [0.05, 0.1) is 19.3 Å². The van der Waals surface area contributed by atoms with Crippen molar-refractivity contribution in [3.63, 3.8) is 0 Å². The molecule has 2 unspecified atom stereocenters. The van der Waals surface area contributed by atoms with Crippen molar-refractivity contribution in [3.05, 3.63) is 29.8 Å². The van der Waals surface area contributed by atoms with Crippen molar-refractivity contribution < 1.29 is 14.6 Å². The Hall–Kier alpha value is -1.55. The number of hydrogen-bond acceptors (Lipinski definition) is 3. The molecule has 0 aliphatic carbocycles. The van der Waals surface area contributed by atoms with Crippen LogP contribution >= 0.6 is 0 Å². The summed E-state index contributed by atoms with van der Waals surface area (Å²) >= 11 is 0. The van der Waals surface area contributed by atoms with Gasteiger partial charge in [-0.15, -0.1) is 0 Å². The molecule has 1 amide bonds. The van der Waals surface area contributed by atoms with Crippen molar-refractivity contribution >= 4 is 5.91 Å². The maximum Gasteiger partial charge on any atom is 0.254 e. The number of carbonyl (C=O) groups is 1. The van der Waals surface area contributed by atoms with Crippen LogP contribution in [0.5, 0.6) is 5.75 Å². The van der Waals surface area contributed by atoms with Crippen LogP contribution in [-0.4, -0.2) is 41.7 Å². The van der Waals surface area contributed by atoms with Crippen LogP contribution in [0.1, 0.15) is 36.5 Å². The lowest BCUT2D eigenvalue weighted by atomic mass is 9.97. The molecule has 0 radical (unpaired) electrons. The van der Waals surface area contributed by atoms with E-state index >= 15 is 0 Å². The number of hydrogen-bond donors (Lipinski definition) is 1. The van der Waals surface area contributed by atoms with Crippen LogP contribution in [-0.2, 0) is 0 Å². The van der Waals surface area contributed by atoms with E-state index in [-0.39, 0.29) is 11.9 Å². The van der Waals surface area contributed by atoms with Crippen molar-refractivity contribution in [1.29, 1.82) is 0 Å². The van der Waals surface area contributed by atoms with E-state index in [9.17, 15) is 9.90 Å². The van der Waals surface area contributed by atoms with E-state index in [1.165, 1.54) is 0 Å². The molecule has 1 aromatic carbocycles. The summed E-state index contributed by atoms with van der Waals surface area (Å²) in [7, 11) is 1.60. The number of benzene rings is 1. The Morgan fingerprint density at radius 1 is 1.37 bits per heavy atom. The first kappa shape index (κ1) is 13.9. The molecule has 2 atom stereocenters.